The van der Waals surface area contributed by atoms with E-state index in [4.69, 9.17) is 4.74 Å². The van der Waals surface area contributed by atoms with Crippen molar-refractivity contribution < 1.29 is 9.84 Å². The van der Waals surface area contributed by atoms with E-state index in [1.165, 1.54) is 5.56 Å². The maximum atomic E-state index is 10.2. The lowest BCUT2D eigenvalue weighted by Crippen LogP contribution is -2.34. The SMILES string of the molecule is CCc1cccc(OC2CCC(C)(C)C2O)c1. The molecule has 0 bridgehead atoms. The number of hydrogen-bond donors (Lipinski definition) is 1. The number of hydrogen-bond acceptors (Lipinski definition) is 2. The summed E-state index contributed by atoms with van der Waals surface area (Å²) in [5, 5.41) is 10.2. The van der Waals surface area contributed by atoms with Gasteiger partial charge in [-0.2, -0.15) is 0 Å². The van der Waals surface area contributed by atoms with Gasteiger partial charge < -0.3 is 9.84 Å². The molecule has 0 heterocycles. The van der Waals surface area contributed by atoms with Gasteiger partial charge in [0.15, 0.2) is 0 Å². The fraction of sp³-hybridized carbons (Fsp3) is 0.600. The largest absolute Gasteiger partial charge is 0.488 e. The molecule has 0 saturated heterocycles. The minimum absolute atomic E-state index is 0.0208. The van der Waals surface area contributed by atoms with Crippen LogP contribution < -0.4 is 4.74 Å². The number of rotatable bonds is 3. The minimum atomic E-state index is -0.368. The molecule has 0 aliphatic heterocycles. The molecule has 2 unspecified atom stereocenters. The van der Waals surface area contributed by atoms with Gasteiger partial charge in [0.1, 0.15) is 11.9 Å². The quantitative estimate of drug-likeness (QED) is 0.870. The summed E-state index contributed by atoms with van der Waals surface area (Å²) in [6.45, 7) is 6.33. The molecule has 1 fully saturated rings. The van der Waals surface area contributed by atoms with E-state index in [1.54, 1.807) is 0 Å². The van der Waals surface area contributed by atoms with E-state index >= 15 is 0 Å². The third-order valence-corrected chi connectivity index (χ3v) is 3.82. The Bertz CT molecular complexity index is 384. The lowest BCUT2D eigenvalue weighted by molar-refractivity contribution is 0.00490. The van der Waals surface area contributed by atoms with Gasteiger partial charge in [-0.3, -0.25) is 0 Å². The number of aliphatic hydroxyl groups excluding tert-OH is 1. The van der Waals surface area contributed by atoms with E-state index in [0.717, 1.165) is 25.0 Å². The Morgan fingerprint density at radius 1 is 1.41 bits per heavy atom. The lowest BCUT2D eigenvalue weighted by Gasteiger charge is -2.25. The molecule has 0 radical (unpaired) electrons. The first kappa shape index (κ1) is 12.4. The highest BCUT2D eigenvalue weighted by atomic mass is 16.5. The van der Waals surface area contributed by atoms with Crippen LogP contribution in [0.2, 0.25) is 0 Å². The summed E-state index contributed by atoms with van der Waals surface area (Å²) in [4.78, 5) is 0. The molecule has 2 rings (SSSR count). The molecular formula is C15H22O2. The van der Waals surface area contributed by atoms with Gasteiger partial charge in [0.05, 0.1) is 6.10 Å². The summed E-state index contributed by atoms with van der Waals surface area (Å²) in [6.07, 6.45) is 2.54. The van der Waals surface area contributed by atoms with Gasteiger partial charge >= 0.3 is 0 Å². The molecule has 0 amide bonds. The third kappa shape index (κ3) is 2.63. The number of ether oxygens (including phenoxy) is 1. The standard InChI is InChI=1S/C15H22O2/c1-4-11-6-5-7-12(10-11)17-13-8-9-15(2,3)14(13)16/h5-7,10,13-14,16H,4,8-9H2,1-3H3. The molecule has 17 heavy (non-hydrogen) atoms. The Hall–Kier alpha value is -1.02. The number of benzene rings is 1. The van der Waals surface area contributed by atoms with Gasteiger partial charge in [-0.15, -0.1) is 0 Å². The van der Waals surface area contributed by atoms with Crippen molar-refractivity contribution in [1.82, 2.24) is 0 Å². The summed E-state index contributed by atoms with van der Waals surface area (Å²) in [5.41, 5.74) is 1.25. The van der Waals surface area contributed by atoms with Crippen molar-refractivity contribution in [3.63, 3.8) is 0 Å². The summed E-state index contributed by atoms with van der Waals surface area (Å²) < 4.78 is 5.92. The second-order valence-corrected chi connectivity index (χ2v) is 5.63. The summed E-state index contributed by atoms with van der Waals surface area (Å²) in [7, 11) is 0. The van der Waals surface area contributed by atoms with Crippen molar-refractivity contribution in [2.45, 2.75) is 52.2 Å². The topological polar surface area (TPSA) is 29.5 Å². The minimum Gasteiger partial charge on any atom is -0.488 e. The summed E-state index contributed by atoms with van der Waals surface area (Å²) in [6, 6.07) is 8.15. The van der Waals surface area contributed by atoms with Gasteiger partial charge in [0, 0.05) is 0 Å². The first-order valence-corrected chi connectivity index (χ1v) is 6.46. The van der Waals surface area contributed by atoms with Crippen molar-refractivity contribution in [2.75, 3.05) is 0 Å². The third-order valence-electron chi connectivity index (χ3n) is 3.82. The molecule has 2 nitrogen and oxygen atoms in total. The maximum Gasteiger partial charge on any atom is 0.125 e. The van der Waals surface area contributed by atoms with Crippen LogP contribution in [-0.2, 0) is 6.42 Å². The van der Waals surface area contributed by atoms with Crippen LogP contribution in [0.1, 0.15) is 39.2 Å². The second-order valence-electron chi connectivity index (χ2n) is 5.63. The highest BCUT2D eigenvalue weighted by molar-refractivity contribution is 5.28. The molecule has 2 atom stereocenters. The number of aryl methyl sites for hydroxylation is 1. The Kier molecular flexibility index (Phi) is 3.43. The van der Waals surface area contributed by atoms with E-state index in [9.17, 15) is 5.11 Å². The average Bonchev–Trinajstić information content (AvgIpc) is 2.57. The zero-order valence-electron chi connectivity index (χ0n) is 10.9. The fourth-order valence-corrected chi connectivity index (χ4v) is 2.46. The summed E-state index contributed by atoms with van der Waals surface area (Å²) in [5.74, 6) is 0.881. The first-order chi connectivity index (χ1) is 8.03. The molecule has 1 aromatic carbocycles. The van der Waals surface area contributed by atoms with Gasteiger partial charge in [0.25, 0.3) is 0 Å². The monoisotopic (exact) mass is 234 g/mol. The Morgan fingerprint density at radius 2 is 2.18 bits per heavy atom. The zero-order valence-corrected chi connectivity index (χ0v) is 10.9. The molecule has 1 aliphatic rings. The fourth-order valence-electron chi connectivity index (χ4n) is 2.46. The van der Waals surface area contributed by atoms with Crippen molar-refractivity contribution in [2.24, 2.45) is 5.41 Å². The first-order valence-electron chi connectivity index (χ1n) is 6.46. The van der Waals surface area contributed by atoms with E-state index in [2.05, 4.69) is 32.9 Å². The molecule has 1 aromatic rings. The van der Waals surface area contributed by atoms with E-state index in [0.29, 0.717) is 0 Å². The molecule has 1 N–H and O–H groups in total. The highest BCUT2D eigenvalue weighted by Gasteiger charge is 2.42. The molecule has 0 spiro atoms. The van der Waals surface area contributed by atoms with E-state index in [-0.39, 0.29) is 17.6 Å². The van der Waals surface area contributed by atoms with Gasteiger partial charge in [-0.1, -0.05) is 32.9 Å². The van der Waals surface area contributed by atoms with Crippen LogP contribution in [0.4, 0.5) is 0 Å². The molecule has 1 saturated carbocycles. The van der Waals surface area contributed by atoms with Crippen LogP contribution in [-0.4, -0.2) is 17.3 Å². The number of aliphatic hydroxyl groups is 1. The second kappa shape index (κ2) is 4.69. The van der Waals surface area contributed by atoms with Crippen LogP contribution in [0.5, 0.6) is 5.75 Å². The van der Waals surface area contributed by atoms with Crippen LogP contribution in [0.25, 0.3) is 0 Å². The zero-order chi connectivity index (χ0) is 12.5. The van der Waals surface area contributed by atoms with E-state index in [1.807, 2.05) is 12.1 Å². The maximum absolute atomic E-state index is 10.2. The molecule has 0 aromatic heterocycles. The molecule has 1 aliphatic carbocycles. The van der Waals surface area contributed by atoms with Crippen LogP contribution in [0.3, 0.4) is 0 Å². The molecule has 94 valence electrons. The van der Waals surface area contributed by atoms with Crippen molar-refractivity contribution in [3.8, 4) is 5.75 Å². The van der Waals surface area contributed by atoms with Crippen molar-refractivity contribution in [3.05, 3.63) is 29.8 Å². The predicted molar refractivity (Wildman–Crippen MR) is 69.3 cm³/mol. The average molecular weight is 234 g/mol. The Balaban J connectivity index is 2.06. The van der Waals surface area contributed by atoms with Crippen LogP contribution >= 0.6 is 0 Å². The normalized spacial score (nSPS) is 27.1. The highest BCUT2D eigenvalue weighted by Crippen LogP contribution is 2.39. The van der Waals surface area contributed by atoms with Crippen molar-refractivity contribution >= 4 is 0 Å². The smallest absolute Gasteiger partial charge is 0.125 e. The summed E-state index contributed by atoms with van der Waals surface area (Å²) >= 11 is 0. The lowest BCUT2D eigenvalue weighted by atomic mass is 9.89. The van der Waals surface area contributed by atoms with Crippen LogP contribution in [0.15, 0.2) is 24.3 Å². The van der Waals surface area contributed by atoms with Crippen LogP contribution in [0, 0.1) is 5.41 Å². The molecular weight excluding hydrogens is 212 g/mol. The van der Waals surface area contributed by atoms with Gasteiger partial charge in [-0.25, -0.2) is 0 Å². The Labute approximate surface area is 104 Å². The van der Waals surface area contributed by atoms with Crippen molar-refractivity contribution in [1.29, 1.82) is 0 Å². The van der Waals surface area contributed by atoms with Gasteiger partial charge in [-0.05, 0) is 42.4 Å². The Morgan fingerprint density at radius 3 is 2.76 bits per heavy atom. The predicted octanol–water partition coefficient (Wildman–Crippen LogP) is 3.18. The molecule has 2 heteroatoms. The van der Waals surface area contributed by atoms with Gasteiger partial charge in [0.2, 0.25) is 0 Å². The van der Waals surface area contributed by atoms with E-state index < -0.39 is 0 Å².